The molecule has 0 amide bonds. The van der Waals surface area contributed by atoms with Gasteiger partial charge in [-0.2, -0.15) is 84.9 Å². The van der Waals surface area contributed by atoms with Crippen LogP contribution in [0.2, 0.25) is 0 Å². The van der Waals surface area contributed by atoms with Gasteiger partial charge in [0.05, 0.1) is 0 Å². The van der Waals surface area contributed by atoms with Crippen LogP contribution in [0.3, 0.4) is 0 Å². The number of hydrogen-bond donors (Lipinski definition) is 0. The summed E-state index contributed by atoms with van der Waals surface area (Å²) in [5, 5.41) is 5.61. The van der Waals surface area contributed by atoms with E-state index < -0.39 is 0 Å². The van der Waals surface area contributed by atoms with Gasteiger partial charge >= 0.3 is 30.2 Å². The molecule has 0 aliphatic carbocycles. The second kappa shape index (κ2) is 22.3. The van der Waals surface area contributed by atoms with E-state index in [2.05, 4.69) is 121 Å². The average molecular weight is 689 g/mol. The maximum absolute atomic E-state index is 3.06. The van der Waals surface area contributed by atoms with Gasteiger partial charge in [0.25, 0.3) is 0 Å². The molecular weight excluding hydrogens is 647 g/mol. The molecular formula is C38H42Cl2SiZr-4. The van der Waals surface area contributed by atoms with Crippen molar-refractivity contribution in [3.05, 3.63) is 156 Å². The zero-order valence-electron chi connectivity index (χ0n) is 25.5. The normalized spacial score (nSPS) is 9.40. The monoisotopic (exact) mass is 686 g/mol. The van der Waals surface area contributed by atoms with Gasteiger partial charge in [0, 0.05) is 0 Å². The molecule has 6 rings (SSSR count). The molecule has 0 fully saturated rings. The van der Waals surface area contributed by atoms with E-state index in [-0.39, 0.29) is 24.8 Å². The number of hydrogen-bond acceptors (Lipinski definition) is 0. The van der Waals surface area contributed by atoms with Crippen molar-refractivity contribution in [2.45, 2.75) is 53.4 Å². The summed E-state index contributed by atoms with van der Waals surface area (Å²) < 4.78 is 0. The second-order valence-electron chi connectivity index (χ2n) is 10.2. The van der Waals surface area contributed by atoms with Gasteiger partial charge in [-0.25, -0.2) is 0 Å². The third-order valence-electron chi connectivity index (χ3n) is 6.32. The van der Waals surface area contributed by atoms with Crippen LogP contribution in [0, 0.1) is 26.0 Å². The van der Waals surface area contributed by atoms with Gasteiger partial charge < -0.3 is 0 Å². The minimum absolute atomic E-state index is 0. The fourth-order valence-electron chi connectivity index (χ4n) is 4.51. The Morgan fingerprint density at radius 3 is 1.12 bits per heavy atom. The molecule has 42 heavy (non-hydrogen) atoms. The van der Waals surface area contributed by atoms with Crippen molar-refractivity contribution in [2.24, 2.45) is 0 Å². The molecule has 220 valence electrons. The molecule has 0 aromatic heterocycles. The topological polar surface area (TPSA) is 0 Å². The Morgan fingerprint density at radius 2 is 0.881 bits per heavy atom. The first kappa shape index (κ1) is 39.8. The van der Waals surface area contributed by atoms with Crippen molar-refractivity contribution in [3.63, 3.8) is 0 Å². The molecule has 2 radical (unpaired) electrons. The van der Waals surface area contributed by atoms with E-state index in [1.165, 1.54) is 67.1 Å². The zero-order chi connectivity index (χ0) is 29.3. The van der Waals surface area contributed by atoms with Crippen LogP contribution in [0.15, 0.2) is 121 Å². The third kappa shape index (κ3) is 13.4. The van der Waals surface area contributed by atoms with Gasteiger partial charge in [-0.3, -0.25) is 0 Å². The Morgan fingerprint density at radius 1 is 0.548 bits per heavy atom. The maximum atomic E-state index is 3.06. The van der Waals surface area contributed by atoms with Crippen LogP contribution in [0.1, 0.15) is 61.8 Å². The van der Waals surface area contributed by atoms with Gasteiger partial charge in [-0.1, -0.05) is 64.8 Å². The molecule has 0 atom stereocenters. The van der Waals surface area contributed by atoms with E-state index in [0.717, 1.165) is 0 Å². The zero-order valence-corrected chi connectivity index (χ0v) is 30.6. The molecule has 4 heteroatoms. The van der Waals surface area contributed by atoms with Crippen LogP contribution in [0.25, 0.3) is 21.5 Å². The smallest absolute Gasteiger partial charge is 0.171 e. The summed E-state index contributed by atoms with van der Waals surface area (Å²) in [5.74, 6) is 1.23. The molecule has 0 saturated carbocycles. The van der Waals surface area contributed by atoms with Crippen molar-refractivity contribution in [1.29, 1.82) is 0 Å². The van der Waals surface area contributed by atoms with Crippen molar-refractivity contribution in [3.8, 4) is 0 Å². The van der Waals surface area contributed by atoms with Gasteiger partial charge in [0.15, 0.2) is 0 Å². The van der Waals surface area contributed by atoms with E-state index in [4.69, 9.17) is 0 Å². The minimum Gasteiger partial charge on any atom is -0.184 e. The fourth-order valence-corrected chi connectivity index (χ4v) is 4.51. The van der Waals surface area contributed by atoms with E-state index in [9.17, 15) is 0 Å². The van der Waals surface area contributed by atoms with E-state index in [1.54, 1.807) is 0 Å². The molecule has 0 unspecified atom stereocenters. The summed E-state index contributed by atoms with van der Waals surface area (Å²) in [6.45, 7) is 16.4. The number of rotatable bonds is 2. The molecule has 0 aliphatic heterocycles. The first-order valence-electron chi connectivity index (χ1n) is 13.8. The molecule has 0 saturated heterocycles. The molecule has 0 heterocycles. The second-order valence-corrected chi connectivity index (χ2v) is 10.2. The molecule has 0 N–H and O–H groups in total. The first-order chi connectivity index (χ1) is 19.4. The van der Waals surface area contributed by atoms with E-state index in [1.807, 2.05) is 60.7 Å². The Hall–Kier alpha value is -2.22. The van der Waals surface area contributed by atoms with Crippen LogP contribution in [-0.4, -0.2) is 6.88 Å². The largest absolute Gasteiger partial charge is 0.184 e. The van der Waals surface area contributed by atoms with Crippen LogP contribution in [0.5, 0.6) is 0 Å². The Labute approximate surface area is 283 Å². The number of aryl methyl sites for hydroxylation is 2. The summed E-state index contributed by atoms with van der Waals surface area (Å²) in [4.78, 5) is 0. The van der Waals surface area contributed by atoms with Gasteiger partial charge in [-0.15, -0.1) is 93.9 Å². The number of benzene rings is 4. The third-order valence-corrected chi connectivity index (χ3v) is 6.32. The van der Waals surface area contributed by atoms with Crippen molar-refractivity contribution < 1.29 is 23.3 Å². The summed E-state index contributed by atoms with van der Waals surface area (Å²) in [7, 11) is 0. The van der Waals surface area contributed by atoms with Crippen molar-refractivity contribution in [1.82, 2.24) is 0 Å². The van der Waals surface area contributed by atoms with Gasteiger partial charge in [0.2, 0.25) is 0 Å². The maximum Gasteiger partial charge on any atom is -0.171 e. The van der Waals surface area contributed by atoms with Crippen LogP contribution >= 0.6 is 24.8 Å². The van der Waals surface area contributed by atoms with E-state index in [0.29, 0.717) is 11.8 Å². The summed E-state index contributed by atoms with van der Waals surface area (Å²) >= 11 is 1.36. The first-order valence-corrected chi connectivity index (χ1v) is 17.9. The predicted octanol–water partition coefficient (Wildman–Crippen LogP) is 11.4. The minimum atomic E-state index is 0. The molecule has 6 aromatic carbocycles. The molecule has 0 bridgehead atoms. The summed E-state index contributed by atoms with van der Waals surface area (Å²) in [5.41, 5.74) is 5.66. The number of halogens is 2. The molecule has 0 spiro atoms. The molecule has 6 aromatic rings. The number of fused-ring (bicyclic) bond motifs is 2. The Balaban J connectivity index is 0.000000543. The molecule has 0 aliphatic rings. The van der Waals surface area contributed by atoms with Crippen LogP contribution < -0.4 is 0 Å². The summed E-state index contributed by atoms with van der Waals surface area (Å²) in [6.07, 6.45) is 0. The van der Waals surface area contributed by atoms with Gasteiger partial charge in [0.1, 0.15) is 0 Å². The fraction of sp³-hybridized carbons (Fsp3) is 0.211. The quantitative estimate of drug-likeness (QED) is 0.125. The average Bonchev–Trinajstić information content (AvgIpc) is 3.57. The van der Waals surface area contributed by atoms with Crippen molar-refractivity contribution >= 4 is 53.2 Å². The summed E-state index contributed by atoms with van der Waals surface area (Å²) in [6, 6.07) is 47.2. The predicted molar refractivity (Wildman–Crippen MR) is 188 cm³/mol. The Kier molecular flexibility index (Phi) is 21.2. The molecule has 0 nitrogen and oxygen atoms in total. The van der Waals surface area contributed by atoms with E-state index >= 15 is 0 Å². The van der Waals surface area contributed by atoms with Crippen molar-refractivity contribution in [2.75, 3.05) is 0 Å². The SMILES string of the molecule is Cc1cc2c(C(C)C)cccc2[cH-]1.Cc1cc2c(C(C)C)cccc2[cH-]1.Cl.Cl.[Si]=[Zr].[c-]1ccccc1.[c-]1ccccc1. The van der Waals surface area contributed by atoms with Crippen LogP contribution in [-0.2, 0) is 23.3 Å². The standard InChI is InChI=1S/2C13H15.2C6H5.2ClH.Si.Zr/c2*1-9(2)12-6-4-5-11-7-10(3)8-13(11)12;2*1-2-4-6-5-3-1;;;;/h2*4-9H,1-3H3;2*1-5H;2*1H;;/q4*-1;;;;. The van der Waals surface area contributed by atoms with Gasteiger partial charge in [-0.05, 0) is 11.8 Å². The Bertz CT molecular complexity index is 1330. The van der Waals surface area contributed by atoms with Crippen LogP contribution in [0.4, 0.5) is 0 Å².